The largest absolute Gasteiger partial charge is 0.392 e. The van der Waals surface area contributed by atoms with Gasteiger partial charge in [0.2, 0.25) is 0 Å². The van der Waals surface area contributed by atoms with E-state index < -0.39 is 6.29 Å². The molecule has 2 aliphatic heterocycles. The van der Waals surface area contributed by atoms with Gasteiger partial charge in [-0.1, -0.05) is 81.4 Å². The number of aliphatic hydroxyl groups is 1. The zero-order valence-corrected chi connectivity index (χ0v) is 27.2. The number of hydrogen-bond acceptors (Lipinski definition) is 5. The normalized spacial score (nSPS) is 27.7. The van der Waals surface area contributed by atoms with Crippen LogP contribution in [0.5, 0.6) is 0 Å². The van der Waals surface area contributed by atoms with Crippen molar-refractivity contribution in [3.63, 3.8) is 0 Å². The summed E-state index contributed by atoms with van der Waals surface area (Å²) in [6.45, 7) is 12.3. The molecule has 7 heteroatoms. The third-order valence-corrected chi connectivity index (χ3v) is 9.79. The molecular formula is C38H49N3O4. The fourth-order valence-electron chi connectivity index (χ4n) is 8.22. The molecule has 6 rings (SSSR count). The summed E-state index contributed by atoms with van der Waals surface area (Å²) in [5.74, 6) is 0. The van der Waals surface area contributed by atoms with E-state index in [0.717, 1.165) is 52.9 Å². The number of nitrogens with one attached hydrogen (secondary N) is 2. The molecular weight excluding hydrogens is 562 g/mol. The summed E-state index contributed by atoms with van der Waals surface area (Å²) in [4.78, 5) is 14.6. The Morgan fingerprint density at radius 3 is 2.42 bits per heavy atom. The second-order valence-corrected chi connectivity index (χ2v) is 14.5. The minimum Gasteiger partial charge on any atom is -0.392 e. The van der Waals surface area contributed by atoms with E-state index in [0.29, 0.717) is 30.0 Å². The number of nitrogens with zero attached hydrogens (tertiary/aromatic N) is 1. The minimum atomic E-state index is -0.497. The Balaban J connectivity index is 1.23. The van der Waals surface area contributed by atoms with Gasteiger partial charge < -0.3 is 25.2 Å². The van der Waals surface area contributed by atoms with Crippen molar-refractivity contribution in [2.75, 3.05) is 19.6 Å². The molecule has 2 bridgehead atoms. The van der Waals surface area contributed by atoms with Crippen LogP contribution in [-0.4, -0.2) is 47.8 Å². The Hall–Kier alpha value is -3.23. The van der Waals surface area contributed by atoms with Crippen LogP contribution >= 0.6 is 0 Å². The Kier molecular flexibility index (Phi) is 9.34. The van der Waals surface area contributed by atoms with E-state index in [1.807, 2.05) is 31.2 Å². The average Bonchev–Trinajstić information content (AvgIpc) is 3.27. The first-order chi connectivity index (χ1) is 21.6. The molecule has 3 aromatic rings. The highest BCUT2D eigenvalue weighted by molar-refractivity contribution is 5.74. The highest BCUT2D eigenvalue weighted by atomic mass is 16.7. The summed E-state index contributed by atoms with van der Waals surface area (Å²) in [6, 6.07) is 25.3. The molecule has 0 radical (unpaired) electrons. The second-order valence-electron chi connectivity index (χ2n) is 14.5. The number of carbonyl (C=O) groups excluding carboxylic acids is 1. The number of hydrogen-bond donors (Lipinski definition) is 3. The minimum absolute atomic E-state index is 0.0294. The Bertz CT molecular complexity index is 1470. The Morgan fingerprint density at radius 1 is 0.911 bits per heavy atom. The molecule has 1 aliphatic carbocycles. The first kappa shape index (κ1) is 31.7. The number of likely N-dealkylation sites (tertiary alicyclic amines) is 1. The zero-order valence-electron chi connectivity index (χ0n) is 27.2. The van der Waals surface area contributed by atoms with Crippen LogP contribution in [0.15, 0.2) is 72.8 Å². The lowest BCUT2D eigenvalue weighted by Crippen LogP contribution is -2.42. The second kappa shape index (κ2) is 13.2. The van der Waals surface area contributed by atoms with Gasteiger partial charge >= 0.3 is 6.03 Å². The van der Waals surface area contributed by atoms with Crippen LogP contribution in [0.1, 0.15) is 88.0 Å². The number of urea groups is 1. The molecule has 2 saturated heterocycles. The molecule has 0 aromatic heterocycles. The van der Waals surface area contributed by atoms with E-state index >= 15 is 0 Å². The predicted molar refractivity (Wildman–Crippen MR) is 177 cm³/mol. The van der Waals surface area contributed by atoms with Crippen LogP contribution in [0.3, 0.4) is 0 Å². The fraction of sp³-hybridized carbons (Fsp3) is 0.500. The van der Waals surface area contributed by atoms with Crippen molar-refractivity contribution in [3.05, 3.63) is 95.1 Å². The maximum atomic E-state index is 11.9. The lowest BCUT2D eigenvalue weighted by atomic mass is 9.65. The van der Waals surface area contributed by atoms with E-state index in [2.05, 4.69) is 84.8 Å². The van der Waals surface area contributed by atoms with Gasteiger partial charge in [0.25, 0.3) is 0 Å². The van der Waals surface area contributed by atoms with Crippen molar-refractivity contribution in [1.29, 1.82) is 0 Å². The smallest absolute Gasteiger partial charge is 0.315 e. The molecule has 1 saturated carbocycles. The quantitative estimate of drug-likeness (QED) is 0.240. The summed E-state index contributed by atoms with van der Waals surface area (Å²) in [5.41, 5.74) is 6.94. The number of carbonyl (C=O) groups is 1. The Labute approximate surface area is 268 Å². The fourth-order valence-corrected chi connectivity index (χ4v) is 8.22. The lowest BCUT2D eigenvalue weighted by Gasteiger charge is -2.41. The SMILES string of the molecule is CCNC(=O)NCc1cccc(-c2cccc(C3OC(CN4CC5(C)CC4CC(C)(C)C5)CC(c4ccc(CO)cc4)O3)c2)c1. The highest BCUT2D eigenvalue weighted by Crippen LogP contribution is 2.53. The molecule has 3 aromatic carbocycles. The summed E-state index contributed by atoms with van der Waals surface area (Å²) in [7, 11) is 0. The molecule has 240 valence electrons. The highest BCUT2D eigenvalue weighted by Gasteiger charge is 2.50. The molecule has 3 aliphatic rings. The maximum Gasteiger partial charge on any atom is 0.315 e. The van der Waals surface area contributed by atoms with Crippen molar-refractivity contribution in [1.82, 2.24) is 15.5 Å². The van der Waals surface area contributed by atoms with Crippen molar-refractivity contribution in [2.45, 2.75) is 91.1 Å². The molecule has 5 atom stereocenters. The molecule has 0 spiro atoms. The van der Waals surface area contributed by atoms with Crippen LogP contribution in [0.2, 0.25) is 0 Å². The Morgan fingerprint density at radius 2 is 1.67 bits per heavy atom. The first-order valence-corrected chi connectivity index (χ1v) is 16.6. The van der Waals surface area contributed by atoms with Crippen LogP contribution in [0.25, 0.3) is 11.1 Å². The van der Waals surface area contributed by atoms with E-state index in [1.165, 1.54) is 19.3 Å². The van der Waals surface area contributed by atoms with Gasteiger partial charge in [0.05, 0.1) is 18.8 Å². The molecule has 2 amide bonds. The average molecular weight is 612 g/mol. The third-order valence-electron chi connectivity index (χ3n) is 9.79. The summed E-state index contributed by atoms with van der Waals surface area (Å²) >= 11 is 0. The van der Waals surface area contributed by atoms with Crippen LogP contribution in [0, 0.1) is 10.8 Å². The monoisotopic (exact) mass is 611 g/mol. The van der Waals surface area contributed by atoms with Gasteiger partial charge in [-0.3, -0.25) is 4.90 Å². The standard InChI is InChI=1S/C38H49N3O4/c1-5-39-36(43)40-21-27-8-6-9-29(16-27)30-10-7-11-31(17-30)35-44-33(18-34(45-35)28-14-12-26(23-42)13-15-28)22-41-25-38(4)20-32(41)19-37(2,3)24-38/h6-17,32-35,42H,5,18-25H2,1-4H3,(H2,39,40,43). The van der Waals surface area contributed by atoms with Crippen LogP contribution in [-0.2, 0) is 22.6 Å². The van der Waals surface area contributed by atoms with E-state index in [4.69, 9.17) is 9.47 Å². The van der Waals surface area contributed by atoms with Gasteiger partial charge in [-0.15, -0.1) is 0 Å². The third kappa shape index (κ3) is 7.60. The van der Waals surface area contributed by atoms with Gasteiger partial charge in [0, 0.05) is 44.2 Å². The molecule has 45 heavy (non-hydrogen) atoms. The molecule has 3 N–H and O–H groups in total. The van der Waals surface area contributed by atoms with Crippen LogP contribution in [0.4, 0.5) is 4.79 Å². The van der Waals surface area contributed by atoms with Crippen LogP contribution < -0.4 is 10.6 Å². The number of aliphatic hydroxyl groups excluding tert-OH is 1. The van der Waals surface area contributed by atoms with E-state index in [9.17, 15) is 9.90 Å². The molecule has 7 nitrogen and oxygen atoms in total. The molecule has 3 fully saturated rings. The number of benzene rings is 3. The lowest BCUT2D eigenvalue weighted by molar-refractivity contribution is -0.253. The van der Waals surface area contributed by atoms with Crippen molar-refractivity contribution < 1.29 is 19.4 Å². The number of amides is 2. The topological polar surface area (TPSA) is 83.1 Å². The van der Waals surface area contributed by atoms with Gasteiger partial charge in [0.1, 0.15) is 0 Å². The molecule has 5 unspecified atom stereocenters. The van der Waals surface area contributed by atoms with Crippen molar-refractivity contribution in [3.8, 4) is 11.1 Å². The number of rotatable bonds is 9. The van der Waals surface area contributed by atoms with E-state index in [1.54, 1.807) is 0 Å². The van der Waals surface area contributed by atoms with Crippen molar-refractivity contribution >= 4 is 6.03 Å². The summed E-state index contributed by atoms with van der Waals surface area (Å²) in [5, 5.41) is 15.3. The number of ether oxygens (including phenoxy) is 2. The zero-order chi connectivity index (χ0) is 31.6. The van der Waals surface area contributed by atoms with Gasteiger partial charge in [-0.05, 0) is 77.0 Å². The van der Waals surface area contributed by atoms with Gasteiger partial charge in [-0.2, -0.15) is 0 Å². The summed E-state index contributed by atoms with van der Waals surface area (Å²) in [6.07, 6.45) is 4.00. The predicted octanol–water partition coefficient (Wildman–Crippen LogP) is 7.11. The van der Waals surface area contributed by atoms with Gasteiger partial charge in [-0.25, -0.2) is 4.79 Å². The van der Waals surface area contributed by atoms with E-state index in [-0.39, 0.29) is 24.8 Å². The molecule has 2 heterocycles. The van der Waals surface area contributed by atoms with Gasteiger partial charge in [0.15, 0.2) is 6.29 Å². The number of fused-ring (bicyclic) bond motifs is 2. The maximum absolute atomic E-state index is 11.9. The van der Waals surface area contributed by atoms with Crippen molar-refractivity contribution in [2.24, 2.45) is 10.8 Å². The first-order valence-electron chi connectivity index (χ1n) is 16.6. The summed E-state index contributed by atoms with van der Waals surface area (Å²) < 4.78 is 13.5.